The van der Waals surface area contributed by atoms with Crippen molar-refractivity contribution < 1.29 is 23.1 Å². The number of hydrogen-bond donors (Lipinski definition) is 5. The maximum atomic E-state index is 15.1. The van der Waals surface area contributed by atoms with Gasteiger partial charge >= 0.3 is 0 Å². The molecule has 0 aliphatic carbocycles. The standard InChI is InChI=1S/C31H30F2N6O3/c1-19(4-5-20(2)39(18-40)25-9-6-23(32)7-10-25)31(41)38-24-8-11-29(27(33)13-24)42-30-12-21(15-34)28(37-3)14-26(30)22(16-35)17-36/h4-18,34-35,37H,36H2,1-3H3,(H,38,41)/b19-4+,20-5-,22-17+,34-15?,35-16?. The highest BCUT2D eigenvalue weighted by atomic mass is 19.1. The largest absolute Gasteiger partial charge is 0.454 e. The van der Waals surface area contributed by atoms with Gasteiger partial charge in [0.05, 0.1) is 0 Å². The first-order valence-electron chi connectivity index (χ1n) is 12.6. The van der Waals surface area contributed by atoms with Gasteiger partial charge in [-0.05, 0) is 68.5 Å². The summed E-state index contributed by atoms with van der Waals surface area (Å²) in [5.41, 5.74) is 8.86. The number of allylic oxidation sites excluding steroid dienone is 4. The zero-order valence-corrected chi connectivity index (χ0v) is 23.2. The number of hydrogen-bond acceptors (Lipinski definition) is 7. The van der Waals surface area contributed by atoms with Crippen LogP contribution in [0.15, 0.2) is 84.2 Å². The Morgan fingerprint density at radius 3 is 2.29 bits per heavy atom. The van der Waals surface area contributed by atoms with Crippen molar-refractivity contribution in [2.75, 3.05) is 22.6 Å². The molecule has 2 amide bonds. The Hall–Kier alpha value is -5.58. The number of ether oxygens (including phenoxy) is 1. The van der Waals surface area contributed by atoms with Gasteiger partial charge in [0, 0.05) is 76.8 Å². The van der Waals surface area contributed by atoms with E-state index in [9.17, 15) is 14.0 Å². The van der Waals surface area contributed by atoms with E-state index in [2.05, 4.69) is 10.6 Å². The number of nitrogens with two attached hydrogens (primary N) is 1. The molecule has 0 bridgehead atoms. The Morgan fingerprint density at radius 2 is 1.71 bits per heavy atom. The molecule has 3 aromatic carbocycles. The second-order valence-electron chi connectivity index (χ2n) is 8.91. The topological polar surface area (TPSA) is 144 Å². The van der Waals surface area contributed by atoms with Gasteiger partial charge in [0.1, 0.15) is 11.6 Å². The van der Waals surface area contributed by atoms with Crippen LogP contribution in [0.25, 0.3) is 5.57 Å². The zero-order valence-electron chi connectivity index (χ0n) is 23.2. The average molecular weight is 573 g/mol. The van der Waals surface area contributed by atoms with Crippen LogP contribution in [0.3, 0.4) is 0 Å². The molecule has 3 aromatic rings. The fourth-order valence-electron chi connectivity index (χ4n) is 3.82. The molecule has 0 radical (unpaired) electrons. The minimum absolute atomic E-state index is 0.149. The third-order valence-electron chi connectivity index (χ3n) is 6.16. The zero-order chi connectivity index (χ0) is 30.8. The van der Waals surface area contributed by atoms with Crippen LogP contribution in [-0.4, -0.2) is 31.8 Å². The lowest BCUT2D eigenvalue weighted by molar-refractivity contribution is -0.112. The Labute approximate surface area is 242 Å². The molecule has 6 N–H and O–H groups in total. The van der Waals surface area contributed by atoms with E-state index in [-0.39, 0.29) is 22.8 Å². The molecule has 0 aliphatic rings. The van der Waals surface area contributed by atoms with Gasteiger partial charge in [0.2, 0.25) is 6.41 Å². The van der Waals surface area contributed by atoms with Crippen molar-refractivity contribution >= 4 is 47.4 Å². The first-order valence-corrected chi connectivity index (χ1v) is 12.6. The summed E-state index contributed by atoms with van der Waals surface area (Å²) in [4.78, 5) is 25.6. The molecule has 0 spiro atoms. The van der Waals surface area contributed by atoms with E-state index in [0.29, 0.717) is 40.2 Å². The number of benzene rings is 3. The van der Waals surface area contributed by atoms with Crippen molar-refractivity contribution in [1.29, 1.82) is 10.8 Å². The van der Waals surface area contributed by atoms with E-state index < -0.39 is 17.5 Å². The SMILES string of the molecule is CNc1cc(/C(C=N)=C/N)c(Oc2ccc(NC(=O)/C(C)=C/C=C(/C)N(C=O)c3ccc(F)cc3)cc2F)cc1C=N. The van der Waals surface area contributed by atoms with E-state index in [1.165, 1.54) is 59.6 Å². The van der Waals surface area contributed by atoms with Crippen molar-refractivity contribution in [1.82, 2.24) is 0 Å². The molecule has 11 heteroatoms. The fourth-order valence-corrected chi connectivity index (χ4v) is 3.82. The molecule has 3 rings (SSSR count). The lowest BCUT2D eigenvalue weighted by atomic mass is 10.0. The monoisotopic (exact) mass is 572 g/mol. The summed E-state index contributed by atoms with van der Waals surface area (Å²) in [6, 6.07) is 12.5. The number of carbonyl (C=O) groups is 2. The normalized spacial score (nSPS) is 11.9. The van der Waals surface area contributed by atoms with Crippen LogP contribution in [0.1, 0.15) is 25.0 Å². The number of rotatable bonds is 12. The van der Waals surface area contributed by atoms with Gasteiger partial charge in [-0.15, -0.1) is 0 Å². The minimum Gasteiger partial charge on any atom is -0.454 e. The van der Waals surface area contributed by atoms with Crippen LogP contribution < -0.4 is 26.0 Å². The molecule has 0 aliphatic heterocycles. The van der Waals surface area contributed by atoms with Crippen LogP contribution in [0, 0.1) is 22.5 Å². The van der Waals surface area contributed by atoms with Crippen LogP contribution >= 0.6 is 0 Å². The summed E-state index contributed by atoms with van der Waals surface area (Å²) in [5.74, 6) is -1.67. The van der Waals surface area contributed by atoms with Gasteiger partial charge in [-0.1, -0.05) is 6.08 Å². The highest BCUT2D eigenvalue weighted by Gasteiger charge is 2.16. The number of carbonyl (C=O) groups excluding carboxylic acids is 2. The lowest BCUT2D eigenvalue weighted by Crippen LogP contribution is -2.18. The molecule has 9 nitrogen and oxygen atoms in total. The molecule has 0 heterocycles. The van der Waals surface area contributed by atoms with E-state index in [1.807, 2.05) is 0 Å². The molecular formula is C31H30F2N6O3. The number of amides is 2. The van der Waals surface area contributed by atoms with Crippen LogP contribution in [0.4, 0.5) is 25.8 Å². The van der Waals surface area contributed by atoms with Crippen molar-refractivity contribution in [2.45, 2.75) is 13.8 Å². The van der Waals surface area contributed by atoms with Gasteiger partial charge in [-0.25, -0.2) is 8.78 Å². The summed E-state index contributed by atoms with van der Waals surface area (Å²) in [6.45, 7) is 3.21. The molecule has 0 saturated heterocycles. The minimum atomic E-state index is -0.765. The van der Waals surface area contributed by atoms with Crippen LogP contribution in [0.2, 0.25) is 0 Å². The number of nitrogens with zero attached hydrogens (tertiary/aromatic N) is 1. The highest BCUT2D eigenvalue weighted by Crippen LogP contribution is 2.35. The van der Waals surface area contributed by atoms with Gasteiger partial charge in [0.15, 0.2) is 11.6 Å². The molecule has 0 aromatic heterocycles. The van der Waals surface area contributed by atoms with E-state index in [0.717, 1.165) is 18.5 Å². The van der Waals surface area contributed by atoms with Crippen molar-refractivity contribution in [3.05, 3.63) is 107 Å². The summed E-state index contributed by atoms with van der Waals surface area (Å²) in [6.07, 6.45) is 7.01. The number of anilines is 3. The Kier molecular flexibility index (Phi) is 10.4. The highest BCUT2D eigenvalue weighted by molar-refractivity contribution is 6.10. The molecule has 0 fully saturated rings. The van der Waals surface area contributed by atoms with E-state index >= 15 is 4.39 Å². The second-order valence-corrected chi connectivity index (χ2v) is 8.91. The lowest BCUT2D eigenvalue weighted by Gasteiger charge is -2.17. The first-order chi connectivity index (χ1) is 20.1. The third-order valence-corrected chi connectivity index (χ3v) is 6.16. The van der Waals surface area contributed by atoms with Gasteiger partial charge in [-0.3, -0.25) is 14.5 Å². The summed E-state index contributed by atoms with van der Waals surface area (Å²) in [7, 11) is 1.68. The van der Waals surface area contributed by atoms with Gasteiger partial charge in [-0.2, -0.15) is 0 Å². The van der Waals surface area contributed by atoms with Crippen LogP contribution in [0.5, 0.6) is 11.5 Å². The smallest absolute Gasteiger partial charge is 0.251 e. The molecule has 0 atom stereocenters. The third kappa shape index (κ3) is 7.33. The quantitative estimate of drug-likeness (QED) is 0.0760. The number of nitrogens with one attached hydrogen (secondary N) is 4. The van der Waals surface area contributed by atoms with E-state index in [4.69, 9.17) is 21.3 Å². The van der Waals surface area contributed by atoms with Crippen LogP contribution in [-0.2, 0) is 9.59 Å². The predicted molar refractivity (Wildman–Crippen MR) is 162 cm³/mol. The van der Waals surface area contributed by atoms with E-state index in [1.54, 1.807) is 33.0 Å². The molecule has 0 unspecified atom stereocenters. The first kappa shape index (κ1) is 31.0. The summed E-state index contributed by atoms with van der Waals surface area (Å²) >= 11 is 0. The molecule has 216 valence electrons. The van der Waals surface area contributed by atoms with Gasteiger partial charge in [0.25, 0.3) is 5.91 Å². The Morgan fingerprint density at radius 1 is 1.00 bits per heavy atom. The Balaban J connectivity index is 1.80. The summed E-state index contributed by atoms with van der Waals surface area (Å²) < 4.78 is 34.1. The van der Waals surface area contributed by atoms with Gasteiger partial charge < -0.3 is 31.9 Å². The van der Waals surface area contributed by atoms with Crippen molar-refractivity contribution in [3.8, 4) is 11.5 Å². The number of halogens is 2. The maximum absolute atomic E-state index is 15.1. The maximum Gasteiger partial charge on any atom is 0.251 e. The molecule has 42 heavy (non-hydrogen) atoms. The predicted octanol–water partition coefficient (Wildman–Crippen LogP) is 6.20. The Bertz CT molecular complexity index is 1600. The van der Waals surface area contributed by atoms with Crippen molar-refractivity contribution in [2.24, 2.45) is 5.73 Å². The average Bonchev–Trinajstić information content (AvgIpc) is 2.99. The fraction of sp³-hybridized carbons (Fsp3) is 0.0968. The molecular weight excluding hydrogens is 542 g/mol. The van der Waals surface area contributed by atoms with Crippen molar-refractivity contribution in [3.63, 3.8) is 0 Å². The molecule has 0 saturated carbocycles. The summed E-state index contributed by atoms with van der Waals surface area (Å²) in [5, 5.41) is 20.9. The second kappa shape index (κ2) is 14.2.